The molecule has 9 nitrogen and oxygen atoms in total. The number of likely N-dealkylation sites (tertiary alicyclic amines) is 1. The Bertz CT molecular complexity index is 1160. The summed E-state index contributed by atoms with van der Waals surface area (Å²) in [5.41, 5.74) is -0.549. The first kappa shape index (κ1) is 24.2. The summed E-state index contributed by atoms with van der Waals surface area (Å²) in [7, 11) is -3.49. The lowest BCUT2D eigenvalue weighted by molar-refractivity contribution is 0.0123. The molecule has 0 spiro atoms. The van der Waals surface area contributed by atoms with E-state index in [0.29, 0.717) is 38.8 Å². The summed E-state index contributed by atoms with van der Waals surface area (Å²) in [4.78, 5) is 21.9. The number of carbonyl (C=O) groups is 1. The van der Waals surface area contributed by atoms with Crippen molar-refractivity contribution in [1.82, 2.24) is 14.9 Å². The first-order chi connectivity index (χ1) is 16.0. The molecule has 1 aliphatic carbocycles. The van der Waals surface area contributed by atoms with Crippen LogP contribution in [0.1, 0.15) is 46.5 Å². The lowest BCUT2D eigenvalue weighted by Gasteiger charge is -2.33. The van der Waals surface area contributed by atoms with E-state index in [1.165, 1.54) is 24.5 Å². The second kappa shape index (κ2) is 9.36. The Kier molecular flexibility index (Phi) is 6.66. The number of aromatic nitrogens is 2. The summed E-state index contributed by atoms with van der Waals surface area (Å²) < 4.78 is 55.9. The van der Waals surface area contributed by atoms with Crippen molar-refractivity contribution >= 4 is 15.9 Å². The molecule has 34 heavy (non-hydrogen) atoms. The van der Waals surface area contributed by atoms with Crippen molar-refractivity contribution in [2.45, 2.75) is 68.3 Å². The van der Waals surface area contributed by atoms with Gasteiger partial charge in [0, 0.05) is 25.9 Å². The summed E-state index contributed by atoms with van der Waals surface area (Å²) >= 11 is 0. The highest BCUT2D eigenvalue weighted by atomic mass is 32.2. The van der Waals surface area contributed by atoms with Gasteiger partial charge < -0.3 is 19.1 Å². The number of sulfone groups is 1. The average Bonchev–Trinajstić information content (AvgIpc) is 3.61. The predicted octanol–water partition coefficient (Wildman–Crippen LogP) is 4.12. The zero-order valence-electron chi connectivity index (χ0n) is 19.4. The molecule has 1 amide bonds. The molecule has 1 aliphatic heterocycles. The minimum absolute atomic E-state index is 0.0516. The van der Waals surface area contributed by atoms with Crippen molar-refractivity contribution in [3.05, 3.63) is 36.4 Å². The van der Waals surface area contributed by atoms with Gasteiger partial charge in [0.15, 0.2) is 21.4 Å². The highest BCUT2D eigenvalue weighted by Gasteiger charge is 2.37. The molecule has 1 aromatic carbocycles. The minimum atomic E-state index is -3.49. The topological polar surface area (TPSA) is 108 Å². The van der Waals surface area contributed by atoms with Crippen LogP contribution in [0, 0.1) is 5.82 Å². The minimum Gasteiger partial charge on any atom is -0.474 e. The number of benzene rings is 1. The zero-order chi connectivity index (χ0) is 24.5. The Morgan fingerprint density at radius 1 is 1.06 bits per heavy atom. The third-order valence-corrected chi connectivity index (χ3v) is 7.67. The van der Waals surface area contributed by atoms with Gasteiger partial charge in [-0.15, -0.1) is 0 Å². The molecule has 184 valence electrons. The van der Waals surface area contributed by atoms with Crippen LogP contribution in [0.15, 0.2) is 35.5 Å². The Hall–Kier alpha value is -2.95. The van der Waals surface area contributed by atoms with Gasteiger partial charge in [-0.2, -0.15) is 0 Å². The van der Waals surface area contributed by atoms with Crippen LogP contribution in [0.3, 0.4) is 0 Å². The van der Waals surface area contributed by atoms with Crippen molar-refractivity contribution in [1.29, 1.82) is 0 Å². The predicted molar refractivity (Wildman–Crippen MR) is 120 cm³/mol. The molecule has 1 aromatic heterocycles. The van der Waals surface area contributed by atoms with E-state index in [0.717, 1.165) is 6.07 Å². The van der Waals surface area contributed by atoms with Crippen LogP contribution in [-0.4, -0.2) is 59.4 Å². The second-order valence-electron chi connectivity index (χ2n) is 9.42. The summed E-state index contributed by atoms with van der Waals surface area (Å²) in [6.45, 7) is 6.47. The van der Waals surface area contributed by atoms with Crippen LogP contribution < -0.4 is 9.47 Å². The lowest BCUT2D eigenvalue weighted by atomic mass is 10.1. The second-order valence-corrected chi connectivity index (χ2v) is 11.6. The molecule has 0 atom stereocenters. The number of halogens is 1. The molecule has 1 saturated heterocycles. The van der Waals surface area contributed by atoms with Crippen LogP contribution in [0.4, 0.5) is 9.18 Å². The molecular formula is C23H28FN3O6S. The summed E-state index contributed by atoms with van der Waals surface area (Å²) in [6, 6.07) is 5.03. The van der Waals surface area contributed by atoms with Crippen LogP contribution in [0.25, 0.3) is 0 Å². The summed E-state index contributed by atoms with van der Waals surface area (Å²) in [5, 5.41) is -0.420. The number of ether oxygens (including phenoxy) is 3. The maximum atomic E-state index is 14.5. The van der Waals surface area contributed by atoms with Crippen molar-refractivity contribution in [3.63, 3.8) is 0 Å². The van der Waals surface area contributed by atoms with Crippen LogP contribution >= 0.6 is 0 Å². The van der Waals surface area contributed by atoms with E-state index in [4.69, 9.17) is 14.2 Å². The molecule has 1 saturated carbocycles. The van der Waals surface area contributed by atoms with Crippen molar-refractivity contribution in [3.8, 4) is 17.5 Å². The average molecular weight is 494 g/mol. The molecule has 2 aliphatic rings. The number of nitrogens with zero attached hydrogens (tertiary/aromatic N) is 3. The monoisotopic (exact) mass is 493 g/mol. The maximum absolute atomic E-state index is 14.5. The normalized spacial score (nSPS) is 17.4. The van der Waals surface area contributed by atoms with E-state index in [1.807, 2.05) is 20.8 Å². The number of hydrogen-bond donors (Lipinski definition) is 0. The first-order valence-corrected chi connectivity index (χ1v) is 12.7. The fraction of sp³-hybridized carbons (Fsp3) is 0.522. The molecule has 0 bridgehead atoms. The quantitative estimate of drug-likeness (QED) is 0.591. The number of carbonyl (C=O) groups excluding carboxylic acids is 1. The maximum Gasteiger partial charge on any atom is 0.410 e. The summed E-state index contributed by atoms with van der Waals surface area (Å²) in [5.74, 6) is -0.621. The SMILES string of the molecule is CC(C)(C)OC(=O)N1CCC(Oc2cc(Oc3ccc(S(=O)(=O)C4CC4)cc3F)ncn2)CC1. The van der Waals surface area contributed by atoms with E-state index < -0.39 is 26.5 Å². The molecular weight excluding hydrogens is 465 g/mol. The van der Waals surface area contributed by atoms with Gasteiger partial charge in [-0.3, -0.25) is 0 Å². The van der Waals surface area contributed by atoms with Gasteiger partial charge >= 0.3 is 6.09 Å². The molecule has 0 N–H and O–H groups in total. The van der Waals surface area contributed by atoms with Crippen LogP contribution in [-0.2, 0) is 14.6 Å². The molecule has 2 heterocycles. The van der Waals surface area contributed by atoms with E-state index in [2.05, 4.69) is 9.97 Å². The standard InChI is InChI=1S/C23H28FN3O6S/c1-23(2,3)33-22(28)27-10-8-15(9-11-27)31-20-13-21(26-14-25-20)32-19-7-6-17(12-18(19)24)34(29,30)16-4-5-16/h6-7,12-16H,4-5,8-11H2,1-3H3. The first-order valence-electron chi connectivity index (χ1n) is 11.2. The largest absolute Gasteiger partial charge is 0.474 e. The highest BCUT2D eigenvalue weighted by molar-refractivity contribution is 7.92. The third kappa shape index (κ3) is 5.94. The van der Waals surface area contributed by atoms with E-state index >= 15 is 0 Å². The molecule has 11 heteroatoms. The van der Waals surface area contributed by atoms with Crippen molar-refractivity contribution in [2.24, 2.45) is 0 Å². The van der Waals surface area contributed by atoms with Gasteiger partial charge in [0.05, 0.1) is 16.2 Å². The van der Waals surface area contributed by atoms with Gasteiger partial charge in [-0.1, -0.05) is 0 Å². The van der Waals surface area contributed by atoms with E-state index in [-0.39, 0.29) is 34.6 Å². The Morgan fingerprint density at radius 2 is 1.74 bits per heavy atom. The number of rotatable bonds is 6. The fourth-order valence-electron chi connectivity index (χ4n) is 3.52. The lowest BCUT2D eigenvalue weighted by Crippen LogP contribution is -2.44. The highest BCUT2D eigenvalue weighted by Crippen LogP contribution is 2.35. The Balaban J connectivity index is 1.35. The molecule has 2 fully saturated rings. The Morgan fingerprint density at radius 3 is 2.35 bits per heavy atom. The van der Waals surface area contributed by atoms with Gasteiger partial charge in [-0.05, 0) is 51.8 Å². The van der Waals surface area contributed by atoms with Crippen molar-refractivity contribution < 1.29 is 31.8 Å². The van der Waals surface area contributed by atoms with Crippen LogP contribution in [0.2, 0.25) is 0 Å². The molecule has 0 unspecified atom stereocenters. The number of hydrogen-bond acceptors (Lipinski definition) is 8. The van der Waals surface area contributed by atoms with Gasteiger partial charge in [0.2, 0.25) is 11.8 Å². The van der Waals surface area contributed by atoms with Gasteiger partial charge in [-0.25, -0.2) is 27.6 Å². The smallest absolute Gasteiger partial charge is 0.410 e. The van der Waals surface area contributed by atoms with Crippen molar-refractivity contribution in [2.75, 3.05) is 13.1 Å². The fourth-order valence-corrected chi connectivity index (χ4v) is 5.19. The van der Waals surface area contributed by atoms with E-state index in [1.54, 1.807) is 4.90 Å². The van der Waals surface area contributed by atoms with E-state index in [9.17, 15) is 17.6 Å². The molecule has 2 aromatic rings. The third-order valence-electron chi connectivity index (χ3n) is 5.41. The summed E-state index contributed by atoms with van der Waals surface area (Å²) in [6.07, 6.45) is 3.14. The number of amides is 1. The number of piperidine rings is 1. The Labute approximate surface area is 198 Å². The molecule has 0 radical (unpaired) electrons. The zero-order valence-corrected chi connectivity index (χ0v) is 20.2. The van der Waals surface area contributed by atoms with Crippen LogP contribution in [0.5, 0.6) is 17.5 Å². The molecule has 4 rings (SSSR count). The van der Waals surface area contributed by atoms with Gasteiger partial charge in [0.1, 0.15) is 18.0 Å². The van der Waals surface area contributed by atoms with Gasteiger partial charge in [0.25, 0.3) is 0 Å².